The van der Waals surface area contributed by atoms with Gasteiger partial charge in [0.25, 0.3) is 5.91 Å². The van der Waals surface area contributed by atoms with E-state index in [2.05, 4.69) is 41.1 Å². The van der Waals surface area contributed by atoms with Crippen LogP contribution in [0.15, 0.2) is 65.5 Å². The quantitative estimate of drug-likeness (QED) is 0.420. The van der Waals surface area contributed by atoms with Gasteiger partial charge in [-0.2, -0.15) is 0 Å². The van der Waals surface area contributed by atoms with Gasteiger partial charge in [0, 0.05) is 19.6 Å². The molecule has 1 N–H and O–H groups in total. The molecule has 3 heterocycles. The number of carbonyl (C=O) groups is 3. The zero-order valence-electron chi connectivity index (χ0n) is 23.9. The zero-order chi connectivity index (χ0) is 29.4. The maximum absolute atomic E-state index is 13.8. The fourth-order valence-electron chi connectivity index (χ4n) is 5.18. The Balaban J connectivity index is 0.000000249. The monoisotopic (exact) mass is 566 g/mol. The number of aldehydes is 1. The highest BCUT2D eigenvalue weighted by Gasteiger charge is 2.43. The van der Waals surface area contributed by atoms with Crippen molar-refractivity contribution in [3.05, 3.63) is 76.7 Å². The first kappa shape index (κ1) is 31.1. The second kappa shape index (κ2) is 14.3. The number of thiazole rings is 1. The van der Waals surface area contributed by atoms with Gasteiger partial charge in [-0.3, -0.25) is 9.59 Å². The van der Waals surface area contributed by atoms with E-state index >= 15 is 0 Å². The van der Waals surface area contributed by atoms with Crippen molar-refractivity contribution in [2.45, 2.75) is 59.2 Å². The second-order valence-electron chi connectivity index (χ2n) is 10.3. The van der Waals surface area contributed by atoms with E-state index in [1.54, 1.807) is 35.3 Å². The molecule has 1 aromatic heterocycles. The van der Waals surface area contributed by atoms with Crippen molar-refractivity contribution >= 4 is 29.4 Å². The summed E-state index contributed by atoms with van der Waals surface area (Å²) in [6.07, 6.45) is 5.59. The van der Waals surface area contributed by atoms with E-state index < -0.39 is 23.8 Å². The molecule has 0 saturated carbocycles. The third-order valence-electron chi connectivity index (χ3n) is 7.08. The Bertz CT molecular complexity index is 1280. The number of amides is 2. The maximum atomic E-state index is 13.8. The third-order valence-corrected chi connectivity index (χ3v) is 8.06. The van der Waals surface area contributed by atoms with Crippen LogP contribution in [0.3, 0.4) is 0 Å². The van der Waals surface area contributed by atoms with Gasteiger partial charge in [-0.15, -0.1) is 11.3 Å². The van der Waals surface area contributed by atoms with Crippen LogP contribution < -0.4 is 5.32 Å². The number of benzene rings is 1. The molecule has 0 radical (unpaired) electrons. The van der Waals surface area contributed by atoms with Gasteiger partial charge in [-0.1, -0.05) is 56.8 Å². The van der Waals surface area contributed by atoms with Crippen molar-refractivity contribution in [1.29, 1.82) is 0 Å². The molecule has 7 nitrogen and oxygen atoms in total. The number of halogens is 1. The van der Waals surface area contributed by atoms with E-state index in [1.165, 1.54) is 20.9 Å². The minimum absolute atomic E-state index is 0.0649. The molecule has 2 atom stereocenters. The van der Waals surface area contributed by atoms with Crippen LogP contribution in [0.25, 0.3) is 10.4 Å². The minimum Gasteiger partial charge on any atom is -0.331 e. The molecule has 2 amide bonds. The molecule has 1 saturated heterocycles. The Morgan fingerprint density at radius 2 is 2.00 bits per heavy atom. The Labute approximate surface area is 240 Å². The first-order valence-electron chi connectivity index (χ1n) is 13.6. The van der Waals surface area contributed by atoms with Gasteiger partial charge in [0.2, 0.25) is 5.91 Å². The molecule has 0 bridgehead atoms. The van der Waals surface area contributed by atoms with E-state index in [9.17, 15) is 18.8 Å². The predicted molar refractivity (Wildman–Crippen MR) is 158 cm³/mol. The molecule has 214 valence electrons. The second-order valence-corrected chi connectivity index (χ2v) is 11.2. The normalized spacial score (nSPS) is 18.0. The highest BCUT2D eigenvalue weighted by molar-refractivity contribution is 7.13. The van der Waals surface area contributed by atoms with Gasteiger partial charge < -0.3 is 19.9 Å². The van der Waals surface area contributed by atoms with Crippen LogP contribution in [0.1, 0.15) is 44.9 Å². The third kappa shape index (κ3) is 7.01. The molecule has 9 heteroatoms. The molecule has 1 aromatic carbocycles. The molecule has 4 rings (SSSR count). The van der Waals surface area contributed by atoms with Gasteiger partial charge in [-0.25, -0.2) is 9.37 Å². The Morgan fingerprint density at radius 3 is 2.52 bits per heavy atom. The van der Waals surface area contributed by atoms with Gasteiger partial charge in [-0.05, 0) is 56.4 Å². The smallest absolute Gasteiger partial charge is 0.258 e. The average Bonchev–Trinajstić information content (AvgIpc) is 3.64. The SMILES string of the molecule is C=C(F)C1=C(/C=C\C)CN(C(C(=O)N2CCCC2C=O)C(C)C)C1=O.CNCc1ccc(-c2scnc2C)cc1. The molecule has 0 aliphatic carbocycles. The standard InChI is InChI=1S/C19H25FN2O3.C12H14N2S/c1-5-7-14-10-22(18(24)16(14)13(4)20)17(12(2)3)19(25)21-9-6-8-15(21)11-23;1-9-12(15-8-14-9)11-5-3-10(4-6-11)7-13-2/h5,7,11-12,15,17H,4,6,8-10H2,1-3H3;3-6,8,13H,7H2,1-2H3/b7-5-;. The summed E-state index contributed by atoms with van der Waals surface area (Å²) in [6, 6.07) is 7.46. The number of nitrogens with zero attached hydrogens (tertiary/aromatic N) is 3. The Morgan fingerprint density at radius 1 is 1.30 bits per heavy atom. The van der Waals surface area contributed by atoms with Crippen LogP contribution in [0, 0.1) is 12.8 Å². The van der Waals surface area contributed by atoms with Crippen molar-refractivity contribution in [3.8, 4) is 10.4 Å². The fourth-order valence-corrected chi connectivity index (χ4v) is 5.99. The number of hydrogen-bond acceptors (Lipinski definition) is 6. The van der Waals surface area contributed by atoms with E-state index in [-0.39, 0.29) is 23.9 Å². The summed E-state index contributed by atoms with van der Waals surface area (Å²) in [4.78, 5) is 45.5. The maximum Gasteiger partial charge on any atom is 0.258 e. The van der Waals surface area contributed by atoms with Gasteiger partial charge in [0.15, 0.2) is 0 Å². The first-order chi connectivity index (χ1) is 19.1. The number of likely N-dealkylation sites (tertiary alicyclic amines) is 1. The molecule has 2 aliphatic rings. The highest BCUT2D eigenvalue weighted by Crippen LogP contribution is 2.31. The molecule has 1 fully saturated rings. The summed E-state index contributed by atoms with van der Waals surface area (Å²) in [7, 11) is 1.96. The number of hydrogen-bond donors (Lipinski definition) is 1. The average molecular weight is 567 g/mol. The number of nitrogens with one attached hydrogen (secondary N) is 1. The van der Waals surface area contributed by atoms with Crippen molar-refractivity contribution in [2.75, 3.05) is 20.1 Å². The summed E-state index contributed by atoms with van der Waals surface area (Å²) in [6.45, 7) is 12.4. The molecule has 40 heavy (non-hydrogen) atoms. The summed E-state index contributed by atoms with van der Waals surface area (Å²) >= 11 is 1.70. The van der Waals surface area contributed by atoms with Crippen LogP contribution in [-0.4, -0.2) is 65.1 Å². The summed E-state index contributed by atoms with van der Waals surface area (Å²) in [5.41, 5.74) is 6.03. The van der Waals surface area contributed by atoms with Crippen molar-refractivity contribution in [1.82, 2.24) is 20.1 Å². The lowest BCUT2D eigenvalue weighted by molar-refractivity contribution is -0.146. The molecule has 0 spiro atoms. The lowest BCUT2D eigenvalue weighted by Crippen LogP contribution is -2.53. The number of allylic oxidation sites excluding steroid dienone is 1. The van der Waals surface area contributed by atoms with Gasteiger partial charge in [0.05, 0.1) is 27.7 Å². The number of aryl methyl sites for hydroxylation is 1. The lowest BCUT2D eigenvalue weighted by Gasteiger charge is -2.34. The highest BCUT2D eigenvalue weighted by atomic mass is 32.1. The van der Waals surface area contributed by atoms with Crippen molar-refractivity contribution in [2.24, 2.45) is 5.92 Å². The zero-order valence-corrected chi connectivity index (χ0v) is 24.8. The molecule has 2 unspecified atom stereocenters. The number of carbonyl (C=O) groups excluding carboxylic acids is 3. The van der Waals surface area contributed by atoms with Crippen molar-refractivity contribution < 1.29 is 18.8 Å². The number of rotatable bonds is 9. The molecule has 2 aliphatic heterocycles. The lowest BCUT2D eigenvalue weighted by atomic mass is 10.0. The van der Waals surface area contributed by atoms with E-state index in [0.717, 1.165) is 24.9 Å². The van der Waals surface area contributed by atoms with Crippen LogP contribution in [-0.2, 0) is 20.9 Å². The molecular weight excluding hydrogens is 527 g/mol. The predicted octanol–water partition coefficient (Wildman–Crippen LogP) is 5.24. The van der Waals surface area contributed by atoms with E-state index in [1.807, 2.05) is 33.3 Å². The van der Waals surface area contributed by atoms with Crippen LogP contribution >= 0.6 is 11.3 Å². The minimum atomic E-state index is -0.789. The van der Waals surface area contributed by atoms with Crippen LogP contribution in [0.5, 0.6) is 0 Å². The Kier molecular flexibility index (Phi) is 11.1. The van der Waals surface area contributed by atoms with Crippen LogP contribution in [0.4, 0.5) is 4.39 Å². The summed E-state index contributed by atoms with van der Waals surface area (Å²) in [5, 5.41) is 3.14. The first-order valence-corrected chi connectivity index (χ1v) is 14.4. The molecule has 2 aromatic rings. The summed E-state index contributed by atoms with van der Waals surface area (Å²) < 4.78 is 13.8. The fraction of sp³-hybridized carbons (Fsp3) is 0.419. The van der Waals surface area contributed by atoms with E-state index in [0.29, 0.717) is 18.5 Å². The Hall–Kier alpha value is -3.43. The van der Waals surface area contributed by atoms with Gasteiger partial charge in [0.1, 0.15) is 18.2 Å². The largest absolute Gasteiger partial charge is 0.331 e. The number of aromatic nitrogens is 1. The van der Waals surface area contributed by atoms with Gasteiger partial charge >= 0.3 is 0 Å². The summed E-state index contributed by atoms with van der Waals surface area (Å²) in [5.74, 6) is -1.72. The topological polar surface area (TPSA) is 82.6 Å². The van der Waals surface area contributed by atoms with E-state index in [4.69, 9.17) is 0 Å². The molecular formula is C31H39FN4O3S. The van der Waals surface area contributed by atoms with Crippen LogP contribution in [0.2, 0.25) is 0 Å². The van der Waals surface area contributed by atoms with Crippen molar-refractivity contribution in [3.63, 3.8) is 0 Å².